The first-order chi connectivity index (χ1) is 34.7. The largest absolute Gasteiger partial charge is 0.497 e. The lowest BCUT2D eigenvalue weighted by Crippen LogP contribution is -2.65. The van der Waals surface area contributed by atoms with Crippen LogP contribution in [0.15, 0.2) is 54.6 Å². The lowest BCUT2D eigenvalue weighted by Gasteiger charge is -2.48. The van der Waals surface area contributed by atoms with Crippen molar-refractivity contribution in [3.05, 3.63) is 88.5 Å². The summed E-state index contributed by atoms with van der Waals surface area (Å²) in [6.45, 7) is 20.0. The van der Waals surface area contributed by atoms with E-state index in [1.165, 1.54) is 14.2 Å². The number of aromatic nitrogens is 3. The highest BCUT2D eigenvalue weighted by atomic mass is 28.4. The molecule has 2 aromatic heterocycles. The summed E-state index contributed by atoms with van der Waals surface area (Å²) in [5, 5.41) is 0.00548. The second kappa shape index (κ2) is 19.3. The van der Waals surface area contributed by atoms with Crippen molar-refractivity contribution in [3.63, 3.8) is 0 Å². The Hall–Kier alpha value is -5.95. The minimum atomic E-state index is -5.18. The monoisotopic (exact) mass is 1050 g/mol. The van der Waals surface area contributed by atoms with Gasteiger partial charge in [0.15, 0.2) is 14.1 Å². The number of fused-ring (bicyclic) bond motifs is 5. The number of benzene rings is 3. The second-order valence-corrected chi connectivity index (χ2v) is 27.7. The van der Waals surface area contributed by atoms with Gasteiger partial charge in [-0.05, 0) is 125 Å². The van der Waals surface area contributed by atoms with Gasteiger partial charge in [0.25, 0.3) is 0 Å². The molecule has 0 unspecified atom stereocenters. The molecule has 5 heterocycles. The second-order valence-electron chi connectivity index (χ2n) is 22.9. The third kappa shape index (κ3) is 10.3. The fourth-order valence-electron chi connectivity index (χ4n) is 10.2. The van der Waals surface area contributed by atoms with Crippen LogP contribution >= 0.6 is 0 Å². The molecule has 2 bridgehead atoms. The molecule has 0 radical (unpaired) electrons. The van der Waals surface area contributed by atoms with Gasteiger partial charge >= 0.3 is 18.3 Å². The molecule has 0 N–H and O–H groups in total. The van der Waals surface area contributed by atoms with Crippen molar-refractivity contribution in [2.24, 2.45) is 5.41 Å². The lowest BCUT2D eigenvalue weighted by atomic mass is 9.95. The summed E-state index contributed by atoms with van der Waals surface area (Å²) in [6.07, 6.45) is -3.56. The Morgan fingerprint density at radius 3 is 2.01 bits per heavy atom. The van der Waals surface area contributed by atoms with Crippen LogP contribution in [-0.2, 0) is 28.4 Å². The first-order valence-corrected chi connectivity index (χ1v) is 28.2. The Morgan fingerprint density at radius 2 is 1.47 bits per heavy atom. The van der Waals surface area contributed by atoms with Crippen molar-refractivity contribution in [3.8, 4) is 34.6 Å². The molecular formula is C55H67F5N6O7Si. The van der Waals surface area contributed by atoms with Gasteiger partial charge in [-0.1, -0.05) is 45.0 Å². The van der Waals surface area contributed by atoms with Crippen molar-refractivity contribution in [1.29, 1.82) is 0 Å². The van der Waals surface area contributed by atoms with Gasteiger partial charge in [-0.25, -0.2) is 18.6 Å². The van der Waals surface area contributed by atoms with E-state index in [9.17, 15) is 4.79 Å². The maximum absolute atomic E-state index is 18.2. The molecule has 9 rings (SSSR count). The highest BCUT2D eigenvalue weighted by Crippen LogP contribution is 2.51. The third-order valence-corrected chi connectivity index (χ3v) is 20.0. The van der Waals surface area contributed by atoms with E-state index < -0.39 is 78.4 Å². The normalized spacial score (nSPS) is 20.2. The van der Waals surface area contributed by atoms with E-state index in [1.54, 1.807) is 86.0 Å². The van der Waals surface area contributed by atoms with Gasteiger partial charge in [-0.2, -0.15) is 23.1 Å². The zero-order valence-electron chi connectivity index (χ0n) is 44.3. The Kier molecular flexibility index (Phi) is 13.8. The molecule has 0 spiro atoms. The summed E-state index contributed by atoms with van der Waals surface area (Å²) in [5.74, 6) is -1.19. The van der Waals surface area contributed by atoms with Crippen LogP contribution in [0.25, 0.3) is 22.2 Å². The van der Waals surface area contributed by atoms with Gasteiger partial charge in [0, 0.05) is 37.2 Å². The predicted octanol–water partition coefficient (Wildman–Crippen LogP) is 12.4. The summed E-state index contributed by atoms with van der Waals surface area (Å²) < 4.78 is 119. The minimum Gasteiger partial charge on any atom is -0.497 e. The van der Waals surface area contributed by atoms with E-state index in [-0.39, 0.29) is 77.0 Å². The molecule has 3 fully saturated rings. The van der Waals surface area contributed by atoms with E-state index in [1.807, 2.05) is 4.90 Å². The van der Waals surface area contributed by atoms with Crippen molar-refractivity contribution in [2.45, 2.75) is 148 Å². The Balaban J connectivity index is 1.20. The third-order valence-electron chi connectivity index (χ3n) is 15.5. The van der Waals surface area contributed by atoms with Crippen LogP contribution in [0.1, 0.15) is 96.4 Å². The van der Waals surface area contributed by atoms with Crippen molar-refractivity contribution >= 4 is 36.8 Å². The van der Waals surface area contributed by atoms with E-state index in [0.29, 0.717) is 42.1 Å². The molecule has 1 amide bonds. The number of amides is 1. The van der Waals surface area contributed by atoms with Crippen LogP contribution in [0.2, 0.25) is 18.1 Å². The standard InChI is InChI=1S/C55H67F5N6O7Si/c1-31-42(55(58,59)60)38(25-40(43(31)56)64(26-33-13-18-36(68-9)19-14-33)27-34-15-20-37(69-10)21-16-34)45-44(57)46-41-48(63-50(62-46)70-29-54(23-24-54)30-71-74(11,12)53(6,7)8)65-28-35-17-22-39(47(65)32(2)72-49(41)61-45)66(35)51(67)73-52(3,4)5/h13-16,18-21,25,32,35,39,47H,17,22-24,26-30H2,1-12H3/t32-,35+,39-,47+/m0/s1. The number of methoxy groups -OCH3 is 2. The van der Waals surface area contributed by atoms with Crippen LogP contribution in [0.4, 0.5) is 38.3 Å². The topological polar surface area (TPSA) is 121 Å². The maximum atomic E-state index is 18.2. The van der Waals surface area contributed by atoms with Gasteiger partial charge in [0.2, 0.25) is 5.88 Å². The zero-order chi connectivity index (χ0) is 53.4. The first-order valence-electron chi connectivity index (χ1n) is 25.3. The number of carbonyl (C=O) groups excluding carboxylic acids is 1. The average molecular weight is 1050 g/mol. The predicted molar refractivity (Wildman–Crippen MR) is 275 cm³/mol. The van der Waals surface area contributed by atoms with Gasteiger partial charge in [-0.3, -0.25) is 4.90 Å². The molecule has 398 valence electrons. The Labute approximate surface area is 430 Å². The van der Waals surface area contributed by atoms with Gasteiger partial charge in [-0.15, -0.1) is 0 Å². The molecule has 5 aromatic rings. The molecule has 1 aliphatic carbocycles. The van der Waals surface area contributed by atoms with Gasteiger partial charge < -0.3 is 37.9 Å². The molecule has 3 aromatic carbocycles. The number of pyridine rings is 1. The number of nitrogens with zero attached hydrogens (tertiary/aromatic N) is 6. The number of hydrogen-bond donors (Lipinski definition) is 0. The fraction of sp³-hybridized carbons (Fsp3) is 0.527. The number of halogens is 5. The first kappa shape index (κ1) is 52.9. The molecular weight excluding hydrogens is 980 g/mol. The van der Waals surface area contributed by atoms with Crippen molar-refractivity contribution in [2.75, 3.05) is 43.8 Å². The maximum Gasteiger partial charge on any atom is 0.417 e. The molecule has 4 atom stereocenters. The quantitative estimate of drug-likeness (QED) is 0.0777. The lowest BCUT2D eigenvalue weighted by molar-refractivity contribution is -0.137. The zero-order valence-corrected chi connectivity index (χ0v) is 45.3. The number of ether oxygens (including phenoxy) is 5. The highest BCUT2D eigenvalue weighted by Gasteiger charge is 2.54. The summed E-state index contributed by atoms with van der Waals surface area (Å²) in [7, 11) is 0.910. The average Bonchev–Trinajstić information content (AvgIpc) is 4.06. The van der Waals surface area contributed by atoms with Crippen LogP contribution in [0.5, 0.6) is 23.4 Å². The van der Waals surface area contributed by atoms with E-state index in [2.05, 4.69) is 43.8 Å². The SMILES string of the molecule is COc1ccc(CN(Cc2ccc(OC)cc2)c2cc(-c3nc4c5c(nc(OCC6(CO[Si](C)(C)C(C)(C)C)CC6)nc5c3F)N3C[C@H]5CC[C@@H]([C@H]3[C@H](C)O4)N5C(=O)OC(C)(C)C)c(C(F)(F)F)c(C)c2F)cc1. The van der Waals surface area contributed by atoms with Crippen LogP contribution in [-0.4, -0.2) is 98.1 Å². The molecule has 13 nitrogen and oxygen atoms in total. The minimum absolute atomic E-state index is 0.0304. The molecule has 2 saturated heterocycles. The molecule has 19 heteroatoms. The Morgan fingerprint density at radius 1 is 0.865 bits per heavy atom. The van der Waals surface area contributed by atoms with Crippen LogP contribution in [0, 0.1) is 24.0 Å². The summed E-state index contributed by atoms with van der Waals surface area (Å²) in [6, 6.07) is 13.5. The van der Waals surface area contributed by atoms with Crippen molar-refractivity contribution < 1.29 is 54.9 Å². The number of piperazine rings is 1. The molecule has 74 heavy (non-hydrogen) atoms. The molecule has 1 saturated carbocycles. The van der Waals surface area contributed by atoms with E-state index >= 15 is 22.0 Å². The van der Waals surface area contributed by atoms with E-state index in [4.69, 9.17) is 33.1 Å². The smallest absolute Gasteiger partial charge is 0.417 e. The Bertz CT molecular complexity index is 2880. The van der Waals surface area contributed by atoms with Crippen molar-refractivity contribution in [1.82, 2.24) is 19.9 Å². The van der Waals surface area contributed by atoms with E-state index in [0.717, 1.165) is 25.8 Å². The number of alkyl halides is 3. The number of rotatable bonds is 14. The van der Waals surface area contributed by atoms with Gasteiger partial charge in [0.1, 0.15) is 51.4 Å². The summed E-state index contributed by atoms with van der Waals surface area (Å²) >= 11 is 0. The van der Waals surface area contributed by atoms with Crippen LogP contribution in [0.3, 0.4) is 0 Å². The number of anilines is 2. The number of carbonyl (C=O) groups is 1. The highest BCUT2D eigenvalue weighted by molar-refractivity contribution is 6.74. The molecule has 4 aliphatic rings. The van der Waals surface area contributed by atoms with Gasteiger partial charge in [0.05, 0.1) is 50.2 Å². The fourth-order valence-corrected chi connectivity index (χ4v) is 11.3. The van der Waals surface area contributed by atoms with Crippen LogP contribution < -0.4 is 28.7 Å². The molecule has 3 aliphatic heterocycles. The summed E-state index contributed by atoms with van der Waals surface area (Å²) in [5.41, 5.74) is -3.96. The number of hydrogen-bond acceptors (Lipinski definition) is 12. The summed E-state index contributed by atoms with van der Waals surface area (Å²) in [4.78, 5) is 33.5.